The topological polar surface area (TPSA) is 30.5 Å². The van der Waals surface area contributed by atoms with Crippen LogP contribution in [0.4, 0.5) is 0 Å². The maximum atomic E-state index is 5.91. The van der Waals surface area contributed by atoms with Crippen LogP contribution < -0.4 is 5.32 Å². The fourth-order valence-electron chi connectivity index (χ4n) is 3.74. The van der Waals surface area contributed by atoms with E-state index in [1.165, 1.54) is 32.1 Å². The van der Waals surface area contributed by atoms with Crippen molar-refractivity contribution in [2.75, 3.05) is 19.8 Å². The van der Waals surface area contributed by atoms with Crippen LogP contribution in [0.3, 0.4) is 0 Å². The minimum absolute atomic E-state index is 0.478. The van der Waals surface area contributed by atoms with E-state index in [0.29, 0.717) is 23.6 Å². The first-order valence-corrected chi connectivity index (χ1v) is 6.80. The van der Waals surface area contributed by atoms with Crippen molar-refractivity contribution in [3.63, 3.8) is 0 Å². The van der Waals surface area contributed by atoms with Gasteiger partial charge in [0, 0.05) is 18.1 Å². The van der Waals surface area contributed by atoms with Crippen molar-refractivity contribution in [2.45, 2.75) is 57.2 Å². The third-order valence-corrected chi connectivity index (χ3v) is 4.76. The lowest BCUT2D eigenvalue weighted by Crippen LogP contribution is -2.66. The van der Waals surface area contributed by atoms with Crippen molar-refractivity contribution in [1.82, 2.24) is 5.32 Å². The Labute approximate surface area is 97.9 Å². The molecule has 1 aliphatic heterocycles. The summed E-state index contributed by atoms with van der Waals surface area (Å²) in [7, 11) is 0. The molecule has 2 saturated carbocycles. The molecule has 16 heavy (non-hydrogen) atoms. The summed E-state index contributed by atoms with van der Waals surface area (Å²) < 4.78 is 11.1. The molecule has 1 heterocycles. The molecule has 2 atom stereocenters. The van der Waals surface area contributed by atoms with Crippen molar-refractivity contribution in [2.24, 2.45) is 5.41 Å². The normalized spacial score (nSPS) is 37.3. The monoisotopic (exact) mass is 225 g/mol. The highest BCUT2D eigenvalue weighted by atomic mass is 16.5. The Bertz CT molecular complexity index is 246. The van der Waals surface area contributed by atoms with Gasteiger partial charge in [0.25, 0.3) is 0 Å². The van der Waals surface area contributed by atoms with E-state index in [1.54, 1.807) is 0 Å². The fraction of sp³-hybridized carbons (Fsp3) is 1.00. The minimum atomic E-state index is 0.478. The van der Waals surface area contributed by atoms with E-state index in [2.05, 4.69) is 12.2 Å². The van der Waals surface area contributed by atoms with Gasteiger partial charge in [-0.1, -0.05) is 12.8 Å². The van der Waals surface area contributed by atoms with Gasteiger partial charge in [-0.2, -0.15) is 0 Å². The van der Waals surface area contributed by atoms with Crippen LogP contribution in [0.15, 0.2) is 0 Å². The zero-order valence-electron chi connectivity index (χ0n) is 10.2. The molecule has 0 radical (unpaired) electrons. The van der Waals surface area contributed by atoms with E-state index >= 15 is 0 Å². The molecular formula is C13H23NO2. The Kier molecular flexibility index (Phi) is 2.94. The summed E-state index contributed by atoms with van der Waals surface area (Å²) >= 11 is 0. The van der Waals surface area contributed by atoms with E-state index < -0.39 is 0 Å². The molecule has 1 spiro atoms. The highest BCUT2D eigenvalue weighted by molar-refractivity contribution is 5.10. The first-order chi connectivity index (χ1) is 7.85. The van der Waals surface area contributed by atoms with Crippen LogP contribution in [-0.2, 0) is 9.47 Å². The number of nitrogens with one attached hydrogen (secondary N) is 1. The van der Waals surface area contributed by atoms with Gasteiger partial charge in [-0.05, 0) is 26.2 Å². The van der Waals surface area contributed by atoms with Gasteiger partial charge in [0.1, 0.15) is 0 Å². The van der Waals surface area contributed by atoms with Gasteiger partial charge < -0.3 is 14.8 Å². The SMILES string of the molecule is CCOC1CC(NC2COC2)C12CCCC2. The van der Waals surface area contributed by atoms with Gasteiger partial charge in [0.2, 0.25) is 0 Å². The lowest BCUT2D eigenvalue weighted by atomic mass is 9.60. The second-order valence-electron chi connectivity index (χ2n) is 5.57. The third-order valence-electron chi connectivity index (χ3n) is 4.76. The Balaban J connectivity index is 1.61. The molecule has 3 nitrogen and oxygen atoms in total. The van der Waals surface area contributed by atoms with Gasteiger partial charge in [0.05, 0.1) is 25.4 Å². The molecule has 0 aromatic carbocycles. The maximum Gasteiger partial charge on any atom is 0.0661 e. The lowest BCUT2D eigenvalue weighted by molar-refractivity contribution is -0.142. The summed E-state index contributed by atoms with van der Waals surface area (Å²) in [6.45, 7) is 4.80. The zero-order valence-corrected chi connectivity index (χ0v) is 10.2. The molecule has 0 aromatic heterocycles. The van der Waals surface area contributed by atoms with E-state index in [9.17, 15) is 0 Å². The van der Waals surface area contributed by atoms with Gasteiger partial charge in [-0.3, -0.25) is 0 Å². The molecular weight excluding hydrogens is 202 g/mol. The Morgan fingerprint density at radius 1 is 1.31 bits per heavy atom. The minimum Gasteiger partial charge on any atom is -0.378 e. The van der Waals surface area contributed by atoms with Crippen molar-refractivity contribution < 1.29 is 9.47 Å². The Morgan fingerprint density at radius 2 is 2.06 bits per heavy atom. The molecule has 3 fully saturated rings. The molecule has 2 unspecified atom stereocenters. The number of hydrogen-bond donors (Lipinski definition) is 1. The molecule has 1 saturated heterocycles. The number of rotatable bonds is 4. The predicted molar refractivity (Wildman–Crippen MR) is 62.5 cm³/mol. The first-order valence-electron chi connectivity index (χ1n) is 6.80. The molecule has 92 valence electrons. The van der Waals surface area contributed by atoms with Gasteiger partial charge in [-0.15, -0.1) is 0 Å². The number of ether oxygens (including phenoxy) is 2. The maximum absolute atomic E-state index is 5.91. The zero-order chi connectivity index (χ0) is 11.0. The third kappa shape index (κ3) is 1.60. The summed E-state index contributed by atoms with van der Waals surface area (Å²) in [5.74, 6) is 0. The van der Waals surface area contributed by atoms with Crippen LogP contribution in [0.25, 0.3) is 0 Å². The van der Waals surface area contributed by atoms with Crippen molar-refractivity contribution in [3.8, 4) is 0 Å². The molecule has 0 bridgehead atoms. The Hall–Kier alpha value is -0.120. The average molecular weight is 225 g/mol. The van der Waals surface area contributed by atoms with E-state index in [4.69, 9.17) is 9.47 Å². The van der Waals surface area contributed by atoms with Crippen molar-refractivity contribution >= 4 is 0 Å². The fourth-order valence-corrected chi connectivity index (χ4v) is 3.74. The molecule has 0 amide bonds. The molecule has 3 rings (SSSR count). The van der Waals surface area contributed by atoms with Crippen LogP contribution in [0.2, 0.25) is 0 Å². The summed E-state index contributed by atoms with van der Waals surface area (Å²) in [5.41, 5.74) is 0.478. The van der Waals surface area contributed by atoms with Crippen LogP contribution in [-0.4, -0.2) is 38.0 Å². The molecule has 0 aromatic rings. The smallest absolute Gasteiger partial charge is 0.0661 e. The summed E-state index contributed by atoms with van der Waals surface area (Å²) in [6, 6.07) is 1.31. The van der Waals surface area contributed by atoms with E-state index in [1.807, 2.05) is 0 Å². The van der Waals surface area contributed by atoms with Crippen molar-refractivity contribution in [3.05, 3.63) is 0 Å². The summed E-state index contributed by atoms with van der Waals surface area (Å²) in [6.07, 6.45) is 7.25. The second-order valence-corrected chi connectivity index (χ2v) is 5.57. The van der Waals surface area contributed by atoms with Crippen LogP contribution in [0, 0.1) is 5.41 Å². The van der Waals surface area contributed by atoms with Crippen LogP contribution in [0.5, 0.6) is 0 Å². The number of hydrogen-bond acceptors (Lipinski definition) is 3. The van der Waals surface area contributed by atoms with E-state index in [-0.39, 0.29) is 0 Å². The van der Waals surface area contributed by atoms with Gasteiger partial charge >= 0.3 is 0 Å². The predicted octanol–water partition coefficient (Wildman–Crippen LogP) is 1.71. The van der Waals surface area contributed by atoms with Crippen LogP contribution in [0.1, 0.15) is 39.0 Å². The molecule has 3 aliphatic rings. The highest BCUT2D eigenvalue weighted by Gasteiger charge is 2.57. The largest absolute Gasteiger partial charge is 0.378 e. The van der Waals surface area contributed by atoms with Crippen LogP contribution >= 0.6 is 0 Å². The molecule has 2 aliphatic carbocycles. The van der Waals surface area contributed by atoms with Gasteiger partial charge in [0.15, 0.2) is 0 Å². The highest BCUT2D eigenvalue weighted by Crippen LogP contribution is 2.54. The standard InChI is InChI=1S/C13H23NO2/c1-2-16-12-7-11(14-10-8-15-9-10)13(12)5-3-4-6-13/h10-12,14H,2-9H2,1H3. The average Bonchev–Trinajstić information content (AvgIpc) is 2.71. The van der Waals surface area contributed by atoms with E-state index in [0.717, 1.165) is 19.8 Å². The second kappa shape index (κ2) is 4.28. The summed E-state index contributed by atoms with van der Waals surface area (Å²) in [4.78, 5) is 0. The molecule has 1 N–H and O–H groups in total. The van der Waals surface area contributed by atoms with Gasteiger partial charge in [-0.25, -0.2) is 0 Å². The molecule has 3 heteroatoms. The first kappa shape index (κ1) is 11.0. The lowest BCUT2D eigenvalue weighted by Gasteiger charge is -2.55. The van der Waals surface area contributed by atoms with Crippen molar-refractivity contribution in [1.29, 1.82) is 0 Å². The summed E-state index contributed by atoms with van der Waals surface area (Å²) in [5, 5.41) is 3.77. The quantitative estimate of drug-likeness (QED) is 0.790. The Morgan fingerprint density at radius 3 is 2.62 bits per heavy atom.